The fraction of sp³-hybridized carbons (Fsp3) is 0.216. The molecule has 354 valence electrons. The van der Waals surface area contributed by atoms with Crippen molar-refractivity contribution in [3.05, 3.63) is 247 Å². The lowest BCUT2D eigenvalue weighted by Gasteiger charge is -2.47. The van der Waals surface area contributed by atoms with Crippen molar-refractivity contribution >= 4 is 43.1 Å². The summed E-state index contributed by atoms with van der Waals surface area (Å²) < 4.78 is 0. The van der Waals surface area contributed by atoms with Gasteiger partial charge in [-0.25, -0.2) is 0 Å². The second-order valence-corrected chi connectivity index (χ2v) is 23.8. The van der Waals surface area contributed by atoms with E-state index < -0.39 is 0 Å². The summed E-state index contributed by atoms with van der Waals surface area (Å²) in [5, 5.41) is 21.8. The number of benzene rings is 11. The molecule has 6 saturated carbocycles. The summed E-state index contributed by atoms with van der Waals surface area (Å²) in [6.45, 7) is 0. The van der Waals surface area contributed by atoms with Crippen LogP contribution in [0.25, 0.3) is 87.6 Å². The quantitative estimate of drug-likeness (QED) is 0.146. The third-order valence-electron chi connectivity index (χ3n) is 20.5. The first-order chi connectivity index (χ1) is 36.6. The molecule has 6 fully saturated rings. The van der Waals surface area contributed by atoms with Crippen molar-refractivity contribution in [1.29, 1.82) is 0 Å². The van der Waals surface area contributed by atoms with Gasteiger partial charge in [-0.2, -0.15) is 0 Å². The molecule has 0 saturated heterocycles. The summed E-state index contributed by atoms with van der Waals surface area (Å²) in [5.41, 5.74) is 14.4. The number of hydrogen-bond donors (Lipinski definition) is 0. The molecule has 11 aromatic carbocycles. The van der Waals surface area contributed by atoms with Crippen LogP contribution in [-0.2, 0) is 10.8 Å². The van der Waals surface area contributed by atoms with Gasteiger partial charge in [0, 0.05) is 0 Å². The summed E-state index contributed by atoms with van der Waals surface area (Å²) in [4.78, 5) is 0. The minimum absolute atomic E-state index is 0.267. The molecular formula is C74H58. The van der Waals surface area contributed by atoms with Crippen molar-refractivity contribution < 1.29 is 0 Å². The zero-order valence-electron chi connectivity index (χ0n) is 42.1. The van der Waals surface area contributed by atoms with Crippen LogP contribution in [0.1, 0.15) is 88.2 Å². The van der Waals surface area contributed by atoms with Gasteiger partial charge in [0.05, 0.1) is 0 Å². The van der Waals surface area contributed by atoms with Gasteiger partial charge in [-0.15, -0.1) is 0 Å². The highest BCUT2D eigenvalue weighted by Crippen LogP contribution is 2.55. The van der Waals surface area contributed by atoms with Crippen molar-refractivity contribution in [2.24, 2.45) is 11.8 Å². The SMILES string of the molecule is c1ccc(-c2c3c(c(-c4cccc(C56CCC(CC5)CC6)c4)c4cc5ccccc5c(-c5ccccc5)c24)=c2ccc4c5c(ccc=3c25)=c2c(-c3cccc(C56CCC(CC5)CC6)c3)c3ccccc3cc2=4)cc1. The Morgan fingerprint density at radius 3 is 1.26 bits per heavy atom. The van der Waals surface area contributed by atoms with E-state index in [1.165, 1.54) is 206 Å². The summed E-state index contributed by atoms with van der Waals surface area (Å²) in [6, 6.07) is 76.3. The smallest absolute Gasteiger partial charge is 0.000718 e. The van der Waals surface area contributed by atoms with Crippen LogP contribution in [0.4, 0.5) is 0 Å². The lowest BCUT2D eigenvalue weighted by molar-refractivity contribution is 0.136. The van der Waals surface area contributed by atoms with Crippen LogP contribution in [0.15, 0.2) is 194 Å². The Balaban J connectivity index is 1.07. The van der Waals surface area contributed by atoms with E-state index >= 15 is 0 Å². The molecule has 8 aliphatic carbocycles. The third kappa shape index (κ3) is 5.75. The summed E-state index contributed by atoms with van der Waals surface area (Å²) >= 11 is 0. The van der Waals surface area contributed by atoms with Gasteiger partial charge in [0.15, 0.2) is 0 Å². The van der Waals surface area contributed by atoms with E-state index in [4.69, 9.17) is 0 Å². The topological polar surface area (TPSA) is 0 Å². The average molecular weight is 947 g/mol. The van der Waals surface area contributed by atoms with Crippen LogP contribution in [0.3, 0.4) is 0 Å². The van der Waals surface area contributed by atoms with Gasteiger partial charge in [0.1, 0.15) is 0 Å². The predicted octanol–water partition coefficient (Wildman–Crippen LogP) is 19.2. The average Bonchev–Trinajstić information content (AvgIpc) is 4.15. The Labute approximate surface area is 432 Å². The van der Waals surface area contributed by atoms with Crippen molar-refractivity contribution in [2.45, 2.75) is 87.9 Å². The van der Waals surface area contributed by atoms with Crippen molar-refractivity contribution in [3.8, 4) is 44.5 Å². The zero-order chi connectivity index (χ0) is 48.3. The highest BCUT2D eigenvalue weighted by atomic mass is 14.5. The Morgan fingerprint density at radius 1 is 0.270 bits per heavy atom. The monoisotopic (exact) mass is 946 g/mol. The molecule has 0 aromatic heterocycles. The molecule has 4 bridgehead atoms. The van der Waals surface area contributed by atoms with Crippen LogP contribution in [0.5, 0.6) is 0 Å². The molecule has 11 aromatic rings. The van der Waals surface area contributed by atoms with Crippen LogP contribution in [0.2, 0.25) is 0 Å². The van der Waals surface area contributed by atoms with E-state index in [0.717, 1.165) is 11.8 Å². The number of fused-ring (bicyclic) bond motifs is 11. The van der Waals surface area contributed by atoms with Crippen molar-refractivity contribution in [1.82, 2.24) is 0 Å². The van der Waals surface area contributed by atoms with Crippen molar-refractivity contribution in [2.75, 3.05) is 0 Å². The van der Waals surface area contributed by atoms with Gasteiger partial charge < -0.3 is 0 Å². The van der Waals surface area contributed by atoms with Gasteiger partial charge >= 0.3 is 0 Å². The second-order valence-electron chi connectivity index (χ2n) is 23.8. The summed E-state index contributed by atoms with van der Waals surface area (Å²) in [6.07, 6.45) is 16.2. The minimum atomic E-state index is 0.267. The molecule has 8 aliphatic rings. The molecule has 0 radical (unpaired) electrons. The lowest BCUT2D eigenvalue weighted by atomic mass is 9.58. The van der Waals surface area contributed by atoms with Crippen LogP contribution >= 0.6 is 0 Å². The molecule has 0 aliphatic heterocycles. The van der Waals surface area contributed by atoms with Gasteiger partial charge in [-0.1, -0.05) is 182 Å². The maximum atomic E-state index is 2.67. The van der Waals surface area contributed by atoms with E-state index in [9.17, 15) is 0 Å². The first-order valence-corrected chi connectivity index (χ1v) is 28.2. The van der Waals surface area contributed by atoms with Crippen LogP contribution in [-0.4, -0.2) is 0 Å². The van der Waals surface area contributed by atoms with E-state index in [0.29, 0.717) is 5.41 Å². The minimum Gasteiger partial charge on any atom is -0.0622 e. The van der Waals surface area contributed by atoms with E-state index in [1.54, 1.807) is 11.1 Å². The zero-order valence-corrected chi connectivity index (χ0v) is 42.1. The Bertz CT molecular complexity index is 4640. The Hall–Kier alpha value is -7.54. The maximum absolute atomic E-state index is 2.67. The Morgan fingerprint density at radius 2 is 0.689 bits per heavy atom. The molecule has 0 N–H and O–H groups in total. The first kappa shape index (κ1) is 41.9. The highest BCUT2D eigenvalue weighted by molar-refractivity contribution is 6.21. The normalized spacial score (nSPS) is 21.8. The highest BCUT2D eigenvalue weighted by Gasteiger charge is 2.43. The molecule has 74 heavy (non-hydrogen) atoms. The summed E-state index contributed by atoms with van der Waals surface area (Å²) in [5.74, 6) is 1.86. The largest absolute Gasteiger partial charge is 0.0622 e. The molecule has 0 atom stereocenters. The number of rotatable bonds is 6. The van der Waals surface area contributed by atoms with E-state index in [1.807, 2.05) is 0 Å². The van der Waals surface area contributed by atoms with Crippen LogP contribution < -0.4 is 0 Å². The first-order valence-electron chi connectivity index (χ1n) is 28.2. The molecule has 0 heteroatoms. The fourth-order valence-corrected chi connectivity index (χ4v) is 16.8. The van der Waals surface area contributed by atoms with Gasteiger partial charge in [-0.3, -0.25) is 0 Å². The molecule has 0 heterocycles. The molecule has 19 rings (SSSR count). The standard InChI is InChI=1S/C74H58/c1-3-13-47(14-4-1)63-55-23-9-8-18-50(55)44-62-65(52-20-12-22-54(42-52)74-38-32-46(33-39-74)34-40-74)70-59-26-25-57-61-43-49-17-7-10-24-56(49)64(51-19-11-21-53(41-51)73-35-29-45(30-36-73)31-37-73)69(61)58-27-28-60(68(59)67(57)58)71(70)66(72(62)63)48-15-5-2-6-16-48/h1-28,41-46H,29-40H2. The Kier molecular flexibility index (Phi) is 8.77. The van der Waals surface area contributed by atoms with Crippen LogP contribution in [0, 0.1) is 53.6 Å². The molecule has 0 nitrogen and oxygen atoms in total. The maximum Gasteiger partial charge on any atom is -0.000718 e. The van der Waals surface area contributed by atoms with E-state index in [2.05, 4.69) is 194 Å². The van der Waals surface area contributed by atoms with Gasteiger partial charge in [0.25, 0.3) is 0 Å². The van der Waals surface area contributed by atoms with Crippen molar-refractivity contribution in [3.63, 3.8) is 0 Å². The second kappa shape index (κ2) is 15.5. The molecule has 0 spiro atoms. The lowest BCUT2D eigenvalue weighted by Crippen LogP contribution is -2.37. The van der Waals surface area contributed by atoms with Gasteiger partial charge in [-0.05, 0) is 252 Å². The summed E-state index contributed by atoms with van der Waals surface area (Å²) in [7, 11) is 0. The number of hydrogen-bond acceptors (Lipinski definition) is 0. The fourth-order valence-electron chi connectivity index (χ4n) is 16.8. The third-order valence-corrected chi connectivity index (χ3v) is 20.5. The van der Waals surface area contributed by atoms with Gasteiger partial charge in [0.2, 0.25) is 0 Å². The molecule has 0 unspecified atom stereocenters. The van der Waals surface area contributed by atoms with E-state index in [-0.39, 0.29) is 5.41 Å². The molecule has 0 amide bonds. The predicted molar refractivity (Wildman–Crippen MR) is 308 cm³/mol. The molecular weight excluding hydrogens is 889 g/mol.